The lowest BCUT2D eigenvalue weighted by atomic mass is 9.97. The molecule has 0 saturated carbocycles. The van der Waals surface area contributed by atoms with Crippen LogP contribution in [0.2, 0.25) is 0 Å². The van der Waals surface area contributed by atoms with Crippen molar-refractivity contribution in [3.05, 3.63) is 64.5 Å². The molecule has 5 nitrogen and oxygen atoms in total. The van der Waals surface area contributed by atoms with Gasteiger partial charge >= 0.3 is 5.97 Å². The number of aryl methyl sites for hydroxylation is 1. The zero-order chi connectivity index (χ0) is 17.7. The highest BCUT2D eigenvalue weighted by atomic mass is 16.5. The maximum Gasteiger partial charge on any atom is 0.343 e. The molecule has 1 aliphatic carbocycles. The fourth-order valence-electron chi connectivity index (χ4n) is 2.62. The fourth-order valence-corrected chi connectivity index (χ4v) is 2.62. The van der Waals surface area contributed by atoms with Gasteiger partial charge in [-0.1, -0.05) is 17.7 Å². The van der Waals surface area contributed by atoms with E-state index in [1.54, 1.807) is 13.0 Å². The number of esters is 1. The molecule has 5 heteroatoms. The molecule has 0 heterocycles. The Morgan fingerprint density at radius 2 is 2.12 bits per heavy atom. The minimum atomic E-state index is -0.782. The third-order valence-corrected chi connectivity index (χ3v) is 3.91. The summed E-state index contributed by atoms with van der Waals surface area (Å²) in [6.45, 7) is 1.72. The molecule has 1 aromatic rings. The first-order valence-electron chi connectivity index (χ1n) is 7.71. The molecule has 1 aromatic carbocycles. The Bertz CT molecular complexity index is 757. The Morgan fingerprint density at radius 3 is 2.71 bits per heavy atom. The van der Waals surface area contributed by atoms with E-state index in [1.807, 2.05) is 0 Å². The molecule has 0 radical (unpaired) electrons. The van der Waals surface area contributed by atoms with E-state index >= 15 is 0 Å². The van der Waals surface area contributed by atoms with Crippen LogP contribution < -0.4 is 0 Å². The lowest BCUT2D eigenvalue weighted by molar-refractivity contribution is -0.135. The maximum absolute atomic E-state index is 12.1. The van der Waals surface area contributed by atoms with Crippen LogP contribution in [-0.2, 0) is 9.53 Å². The highest BCUT2D eigenvalue weighted by Gasteiger charge is 2.22. The number of phenols is 1. The van der Waals surface area contributed by atoms with Crippen LogP contribution in [0.3, 0.4) is 0 Å². The third kappa shape index (κ3) is 3.93. The first-order chi connectivity index (χ1) is 11.4. The number of benzene rings is 1. The van der Waals surface area contributed by atoms with E-state index in [0.717, 1.165) is 24.8 Å². The smallest absolute Gasteiger partial charge is 0.343 e. The maximum atomic E-state index is 12.1. The predicted octanol–water partition coefficient (Wildman–Crippen LogP) is 3.72. The van der Waals surface area contributed by atoms with Gasteiger partial charge in [-0.2, -0.15) is 0 Å². The number of rotatable bonds is 5. The van der Waals surface area contributed by atoms with Gasteiger partial charge in [0.25, 0.3) is 0 Å². The lowest BCUT2D eigenvalue weighted by Gasteiger charge is -2.11. The van der Waals surface area contributed by atoms with E-state index in [0.29, 0.717) is 11.1 Å². The zero-order valence-electron chi connectivity index (χ0n) is 13.8. The molecule has 0 saturated heterocycles. The monoisotopic (exact) mass is 327 g/mol. The summed E-state index contributed by atoms with van der Waals surface area (Å²) >= 11 is 0. The molecule has 0 atom stereocenters. The molecule has 3 N–H and O–H groups in total. The SMILES string of the molecule is COC(=O)C(C(=N)c1ccc(O)cc1C)=C(O)/C=C/C1=CCCC1. The Kier molecular flexibility index (Phi) is 5.58. The van der Waals surface area contributed by atoms with Gasteiger partial charge in [-0.15, -0.1) is 0 Å². The number of allylic oxidation sites excluding steroid dienone is 4. The number of methoxy groups -OCH3 is 1. The van der Waals surface area contributed by atoms with Gasteiger partial charge in [-0.25, -0.2) is 4.79 Å². The normalized spacial score (nSPS) is 15.2. The minimum absolute atomic E-state index is 0.0740. The number of hydrogen-bond acceptors (Lipinski definition) is 5. The summed E-state index contributed by atoms with van der Waals surface area (Å²) in [6, 6.07) is 4.46. The van der Waals surface area contributed by atoms with Crippen LogP contribution in [0, 0.1) is 12.3 Å². The van der Waals surface area contributed by atoms with Gasteiger partial charge in [0.1, 0.15) is 17.1 Å². The van der Waals surface area contributed by atoms with Crippen molar-refractivity contribution in [2.45, 2.75) is 26.2 Å². The summed E-state index contributed by atoms with van der Waals surface area (Å²) in [5.41, 5.74) is 1.80. The molecule has 0 spiro atoms. The van der Waals surface area contributed by atoms with E-state index in [1.165, 1.54) is 31.4 Å². The second-order valence-electron chi connectivity index (χ2n) is 5.63. The van der Waals surface area contributed by atoms with E-state index in [9.17, 15) is 15.0 Å². The lowest BCUT2D eigenvalue weighted by Crippen LogP contribution is -2.18. The Labute approximate surface area is 141 Å². The summed E-state index contributed by atoms with van der Waals surface area (Å²) in [6.07, 6.45) is 8.28. The molecule has 2 rings (SSSR count). The van der Waals surface area contributed by atoms with Crippen LogP contribution in [0.1, 0.15) is 30.4 Å². The van der Waals surface area contributed by atoms with Crippen molar-refractivity contribution in [1.29, 1.82) is 5.41 Å². The van der Waals surface area contributed by atoms with E-state index in [-0.39, 0.29) is 22.8 Å². The van der Waals surface area contributed by atoms with E-state index in [4.69, 9.17) is 10.1 Å². The third-order valence-electron chi connectivity index (χ3n) is 3.91. The number of phenolic OH excluding ortho intramolecular Hbond substituents is 1. The largest absolute Gasteiger partial charge is 0.508 e. The molecule has 1 aliphatic rings. The number of carbonyl (C=O) groups is 1. The Hall–Kier alpha value is -2.82. The Morgan fingerprint density at radius 1 is 1.38 bits per heavy atom. The predicted molar refractivity (Wildman–Crippen MR) is 92.4 cm³/mol. The van der Waals surface area contributed by atoms with Crippen molar-refractivity contribution >= 4 is 11.7 Å². The topological polar surface area (TPSA) is 90.6 Å². The van der Waals surface area contributed by atoms with Gasteiger partial charge in [0.05, 0.1) is 12.8 Å². The van der Waals surface area contributed by atoms with Crippen LogP contribution in [0.4, 0.5) is 0 Å². The van der Waals surface area contributed by atoms with Gasteiger partial charge in [0, 0.05) is 5.56 Å². The van der Waals surface area contributed by atoms with Gasteiger partial charge in [0.15, 0.2) is 0 Å². The van der Waals surface area contributed by atoms with Crippen molar-refractivity contribution in [2.75, 3.05) is 7.11 Å². The van der Waals surface area contributed by atoms with Crippen LogP contribution in [0.15, 0.2) is 53.3 Å². The average Bonchev–Trinajstić information content (AvgIpc) is 3.06. The minimum Gasteiger partial charge on any atom is -0.508 e. The van der Waals surface area contributed by atoms with E-state index < -0.39 is 5.97 Å². The van der Waals surface area contributed by atoms with Gasteiger partial charge in [0.2, 0.25) is 0 Å². The van der Waals surface area contributed by atoms with Crippen molar-refractivity contribution in [2.24, 2.45) is 0 Å². The molecule has 0 fully saturated rings. The highest BCUT2D eigenvalue weighted by Crippen LogP contribution is 2.22. The van der Waals surface area contributed by atoms with Crippen molar-refractivity contribution in [3.8, 4) is 5.75 Å². The number of nitrogens with one attached hydrogen (secondary N) is 1. The number of aliphatic hydroxyl groups excluding tert-OH is 1. The number of ether oxygens (including phenoxy) is 1. The molecule has 0 bridgehead atoms. The molecule has 0 aliphatic heterocycles. The summed E-state index contributed by atoms with van der Waals surface area (Å²) in [5.74, 6) is -1.02. The summed E-state index contributed by atoms with van der Waals surface area (Å²) in [4.78, 5) is 12.1. The summed E-state index contributed by atoms with van der Waals surface area (Å²) in [5, 5.41) is 28.1. The number of carbonyl (C=O) groups excluding carboxylic acids is 1. The quantitative estimate of drug-likeness (QED) is 0.253. The molecule has 24 heavy (non-hydrogen) atoms. The number of aliphatic hydroxyl groups is 1. The molecule has 126 valence electrons. The van der Waals surface area contributed by atoms with E-state index in [2.05, 4.69) is 6.08 Å². The molecular formula is C19H21NO4. The first kappa shape index (κ1) is 17.5. The second-order valence-corrected chi connectivity index (χ2v) is 5.63. The van der Waals surface area contributed by atoms with Crippen LogP contribution in [0.25, 0.3) is 0 Å². The number of aromatic hydroxyl groups is 1. The molecule has 0 amide bonds. The number of hydrogen-bond donors (Lipinski definition) is 3. The first-order valence-corrected chi connectivity index (χ1v) is 7.71. The fraction of sp³-hybridized carbons (Fsp3) is 0.263. The van der Waals surface area contributed by atoms with Gasteiger partial charge in [-0.3, -0.25) is 5.41 Å². The van der Waals surface area contributed by atoms with Gasteiger partial charge < -0.3 is 14.9 Å². The average molecular weight is 327 g/mol. The Balaban J connectivity index is 2.41. The molecule has 0 aromatic heterocycles. The zero-order valence-corrected chi connectivity index (χ0v) is 13.8. The van der Waals surface area contributed by atoms with Crippen molar-refractivity contribution in [3.63, 3.8) is 0 Å². The van der Waals surface area contributed by atoms with Crippen molar-refractivity contribution in [1.82, 2.24) is 0 Å². The second kappa shape index (κ2) is 7.64. The summed E-state index contributed by atoms with van der Waals surface area (Å²) < 4.78 is 4.72. The van der Waals surface area contributed by atoms with Crippen LogP contribution in [0.5, 0.6) is 5.75 Å². The van der Waals surface area contributed by atoms with Crippen molar-refractivity contribution < 1.29 is 19.7 Å². The molecular weight excluding hydrogens is 306 g/mol. The highest BCUT2D eigenvalue weighted by molar-refractivity contribution is 6.26. The van der Waals surface area contributed by atoms with Crippen LogP contribution in [-0.4, -0.2) is 29.0 Å². The van der Waals surface area contributed by atoms with Gasteiger partial charge in [-0.05, 0) is 56.0 Å². The standard InChI is InChI=1S/C19H21NO4/c1-12-11-14(21)8-9-15(12)18(20)17(19(23)24-2)16(22)10-7-13-5-3-4-6-13/h5,7-11,20-22H,3-4,6H2,1-2H3/b10-7+,17-16?,20-18?. The molecule has 0 unspecified atom stereocenters. The van der Waals surface area contributed by atoms with Crippen LogP contribution >= 0.6 is 0 Å². The summed E-state index contributed by atoms with van der Waals surface area (Å²) in [7, 11) is 1.20.